The molecule has 1 N–H and O–H groups in total. The second kappa shape index (κ2) is 9.16. The molecule has 1 fully saturated rings. The number of thioether (sulfide) groups is 1. The van der Waals surface area contributed by atoms with Crippen molar-refractivity contribution in [3.8, 4) is 0 Å². The van der Waals surface area contributed by atoms with Crippen molar-refractivity contribution < 1.29 is 4.79 Å². The zero-order chi connectivity index (χ0) is 21.1. The van der Waals surface area contributed by atoms with Crippen LogP contribution in [-0.2, 0) is 11.2 Å². The summed E-state index contributed by atoms with van der Waals surface area (Å²) in [5, 5.41) is 8.40. The lowest BCUT2D eigenvalue weighted by atomic mass is 9.86. The summed E-state index contributed by atoms with van der Waals surface area (Å²) < 4.78 is 1.80. The third-order valence-electron chi connectivity index (χ3n) is 6.04. The number of carbonyl (C=O) groups is 1. The van der Waals surface area contributed by atoms with Crippen molar-refractivity contribution in [2.24, 2.45) is 5.92 Å². The molecular formula is C23H29N5OS. The minimum Gasteiger partial charge on any atom is -0.352 e. The Morgan fingerprint density at radius 2 is 1.93 bits per heavy atom. The van der Waals surface area contributed by atoms with Gasteiger partial charge in [0.2, 0.25) is 11.1 Å². The van der Waals surface area contributed by atoms with Crippen LogP contribution in [0, 0.1) is 19.8 Å². The number of fused-ring (bicyclic) bond motifs is 1. The third kappa shape index (κ3) is 4.67. The Hall–Kier alpha value is -2.41. The van der Waals surface area contributed by atoms with Gasteiger partial charge in [-0.25, -0.2) is 9.50 Å². The molecule has 1 amide bonds. The highest BCUT2D eigenvalue weighted by atomic mass is 32.2. The van der Waals surface area contributed by atoms with Gasteiger partial charge in [0.05, 0.1) is 5.75 Å². The minimum atomic E-state index is 0.0586. The summed E-state index contributed by atoms with van der Waals surface area (Å²) >= 11 is 1.37. The second-order valence-electron chi connectivity index (χ2n) is 8.25. The Balaban J connectivity index is 1.45. The van der Waals surface area contributed by atoms with E-state index in [1.807, 2.05) is 13.0 Å². The van der Waals surface area contributed by atoms with Gasteiger partial charge in [-0.3, -0.25) is 4.79 Å². The fraction of sp³-hybridized carbons (Fsp3) is 0.478. The number of hydrogen-bond acceptors (Lipinski definition) is 5. The van der Waals surface area contributed by atoms with Gasteiger partial charge in [-0.15, -0.1) is 5.10 Å². The van der Waals surface area contributed by atoms with E-state index in [1.54, 1.807) is 4.52 Å². The minimum absolute atomic E-state index is 0.0586. The SMILES string of the molecule is Cc1nc2nc(SCC(=O)N[C@@H]3CCCC[C@H]3C)nn2c(C)c1Cc1ccccc1. The third-order valence-corrected chi connectivity index (χ3v) is 6.88. The van der Waals surface area contributed by atoms with Crippen LogP contribution in [0.4, 0.5) is 0 Å². The van der Waals surface area contributed by atoms with Crippen LogP contribution in [0.15, 0.2) is 35.5 Å². The van der Waals surface area contributed by atoms with E-state index >= 15 is 0 Å². The molecule has 1 aliphatic rings. The Bertz CT molecular complexity index is 1030. The van der Waals surface area contributed by atoms with Crippen molar-refractivity contribution in [1.29, 1.82) is 0 Å². The summed E-state index contributed by atoms with van der Waals surface area (Å²) in [7, 11) is 0. The number of hydrogen-bond donors (Lipinski definition) is 1. The predicted molar refractivity (Wildman–Crippen MR) is 120 cm³/mol. The fourth-order valence-electron chi connectivity index (χ4n) is 4.22. The topological polar surface area (TPSA) is 72.2 Å². The number of rotatable bonds is 6. The summed E-state index contributed by atoms with van der Waals surface area (Å²) in [6.07, 6.45) is 5.56. The zero-order valence-corrected chi connectivity index (χ0v) is 18.7. The van der Waals surface area contributed by atoms with Crippen LogP contribution in [0.3, 0.4) is 0 Å². The molecule has 0 spiro atoms. The molecule has 0 saturated heterocycles. The van der Waals surface area contributed by atoms with Crippen molar-refractivity contribution in [3.63, 3.8) is 0 Å². The molecule has 1 aliphatic carbocycles. The molecule has 0 radical (unpaired) electrons. The average molecular weight is 424 g/mol. The lowest BCUT2D eigenvalue weighted by Gasteiger charge is -2.29. The maximum Gasteiger partial charge on any atom is 0.253 e. The molecule has 2 atom stereocenters. The smallest absolute Gasteiger partial charge is 0.253 e. The summed E-state index contributed by atoms with van der Waals surface area (Å²) in [5.74, 6) is 1.53. The van der Waals surface area contributed by atoms with Crippen molar-refractivity contribution in [2.75, 3.05) is 5.75 Å². The zero-order valence-electron chi connectivity index (χ0n) is 17.9. The molecule has 4 rings (SSSR count). The van der Waals surface area contributed by atoms with Crippen LogP contribution in [0.1, 0.15) is 55.1 Å². The first-order valence-electron chi connectivity index (χ1n) is 10.7. The molecule has 6 nitrogen and oxygen atoms in total. The lowest BCUT2D eigenvalue weighted by molar-refractivity contribution is -0.119. The van der Waals surface area contributed by atoms with E-state index in [9.17, 15) is 4.79 Å². The monoisotopic (exact) mass is 423 g/mol. The summed E-state index contributed by atoms with van der Waals surface area (Å²) in [4.78, 5) is 21.6. The van der Waals surface area contributed by atoms with Gasteiger partial charge in [0.25, 0.3) is 5.78 Å². The largest absolute Gasteiger partial charge is 0.352 e. The van der Waals surface area contributed by atoms with Crippen molar-refractivity contribution >= 4 is 23.4 Å². The Labute approximate surface area is 181 Å². The van der Waals surface area contributed by atoms with E-state index in [2.05, 4.69) is 58.5 Å². The highest BCUT2D eigenvalue weighted by molar-refractivity contribution is 7.99. The Kier molecular flexibility index (Phi) is 6.37. The first kappa shape index (κ1) is 20.8. The van der Waals surface area contributed by atoms with E-state index in [0.717, 1.165) is 24.2 Å². The number of carbonyl (C=O) groups excluding carboxylic acids is 1. The van der Waals surface area contributed by atoms with Gasteiger partial charge in [0.1, 0.15) is 0 Å². The van der Waals surface area contributed by atoms with E-state index in [-0.39, 0.29) is 5.91 Å². The van der Waals surface area contributed by atoms with Crippen LogP contribution >= 0.6 is 11.8 Å². The first-order chi connectivity index (χ1) is 14.5. The normalized spacial score (nSPS) is 19.2. The van der Waals surface area contributed by atoms with Gasteiger partial charge < -0.3 is 5.32 Å². The molecule has 2 aromatic heterocycles. The van der Waals surface area contributed by atoms with Gasteiger partial charge in [0.15, 0.2) is 0 Å². The van der Waals surface area contributed by atoms with Crippen LogP contribution in [-0.4, -0.2) is 37.3 Å². The summed E-state index contributed by atoms with van der Waals surface area (Å²) in [5.41, 5.74) is 4.42. The molecule has 0 bridgehead atoms. The Morgan fingerprint density at radius 1 is 1.17 bits per heavy atom. The van der Waals surface area contributed by atoms with Crippen molar-refractivity contribution in [1.82, 2.24) is 24.9 Å². The quantitative estimate of drug-likeness (QED) is 0.604. The molecule has 3 aromatic rings. The highest BCUT2D eigenvalue weighted by Gasteiger charge is 2.23. The summed E-state index contributed by atoms with van der Waals surface area (Å²) in [6.45, 7) is 6.30. The van der Waals surface area contributed by atoms with Crippen molar-refractivity contribution in [2.45, 2.75) is 64.1 Å². The van der Waals surface area contributed by atoms with Crippen molar-refractivity contribution in [3.05, 3.63) is 52.8 Å². The van der Waals surface area contributed by atoms with E-state index in [4.69, 9.17) is 0 Å². The molecular weight excluding hydrogens is 394 g/mol. The molecule has 30 heavy (non-hydrogen) atoms. The molecule has 7 heteroatoms. The second-order valence-corrected chi connectivity index (χ2v) is 9.20. The van der Waals surface area contributed by atoms with Gasteiger partial charge in [-0.1, -0.05) is 61.9 Å². The standard InChI is InChI=1S/C23H29N5OS/c1-15-9-7-8-12-20(15)25-21(29)14-30-23-26-22-24-16(2)19(17(3)28(22)27-23)13-18-10-5-4-6-11-18/h4-6,10-11,15,20H,7-9,12-14H2,1-3H3,(H,25,29)/t15-,20-/m1/s1. The number of aromatic nitrogens is 4. The average Bonchev–Trinajstić information content (AvgIpc) is 3.15. The number of benzene rings is 1. The fourth-order valence-corrected chi connectivity index (χ4v) is 4.85. The molecule has 2 heterocycles. The van der Waals surface area contributed by atoms with Gasteiger partial charge in [-0.2, -0.15) is 4.98 Å². The number of amides is 1. The first-order valence-corrected chi connectivity index (χ1v) is 11.7. The molecule has 0 unspecified atom stereocenters. The molecule has 0 aliphatic heterocycles. The lowest BCUT2D eigenvalue weighted by Crippen LogP contribution is -2.41. The maximum atomic E-state index is 12.4. The molecule has 1 aromatic carbocycles. The van der Waals surface area contributed by atoms with E-state index in [1.165, 1.54) is 42.2 Å². The van der Waals surface area contributed by atoms with Gasteiger partial charge in [0, 0.05) is 23.9 Å². The van der Waals surface area contributed by atoms with E-state index in [0.29, 0.717) is 28.6 Å². The maximum absolute atomic E-state index is 12.4. The predicted octanol–water partition coefficient (Wildman–Crippen LogP) is 4.12. The van der Waals surface area contributed by atoms with Gasteiger partial charge in [-0.05, 0) is 43.7 Å². The number of nitrogens with one attached hydrogen (secondary N) is 1. The Morgan fingerprint density at radius 3 is 2.70 bits per heavy atom. The number of aryl methyl sites for hydroxylation is 2. The molecule has 158 valence electrons. The molecule has 1 saturated carbocycles. The van der Waals surface area contributed by atoms with Crippen LogP contribution < -0.4 is 5.32 Å². The van der Waals surface area contributed by atoms with Crippen LogP contribution in [0.25, 0.3) is 5.78 Å². The number of nitrogens with zero attached hydrogens (tertiary/aromatic N) is 4. The van der Waals surface area contributed by atoms with E-state index < -0.39 is 0 Å². The van der Waals surface area contributed by atoms with Crippen LogP contribution in [0.2, 0.25) is 0 Å². The summed E-state index contributed by atoms with van der Waals surface area (Å²) in [6, 6.07) is 10.7. The van der Waals surface area contributed by atoms with Crippen LogP contribution in [0.5, 0.6) is 0 Å². The highest BCUT2D eigenvalue weighted by Crippen LogP contribution is 2.24. The van der Waals surface area contributed by atoms with Gasteiger partial charge >= 0.3 is 0 Å².